The number of nitrogens with one attached hydrogen (secondary N) is 2. The monoisotopic (exact) mass is 454 g/mol. The highest BCUT2D eigenvalue weighted by Gasteiger charge is 2.28. The van der Waals surface area contributed by atoms with Crippen LogP contribution in [-0.4, -0.2) is 25.0 Å². The molecule has 0 atom stereocenters. The van der Waals surface area contributed by atoms with Gasteiger partial charge in [-0.2, -0.15) is 0 Å². The molecule has 2 aromatic carbocycles. The molecule has 10 heteroatoms. The van der Waals surface area contributed by atoms with Crippen LogP contribution in [0.4, 0.5) is 4.79 Å². The van der Waals surface area contributed by atoms with Crippen LogP contribution in [0.25, 0.3) is 6.08 Å². The van der Waals surface area contributed by atoms with Gasteiger partial charge in [0.25, 0.3) is 11.8 Å². The number of hydrogen-bond acceptors (Lipinski definition) is 5. The van der Waals surface area contributed by atoms with Crippen molar-refractivity contribution >= 4 is 58.7 Å². The quantitative estimate of drug-likeness (QED) is 0.525. The summed E-state index contributed by atoms with van der Waals surface area (Å²) in [5.74, 6) is -1.09. The van der Waals surface area contributed by atoms with E-state index >= 15 is 0 Å². The topological polar surface area (TPSA) is 93.7 Å². The second kappa shape index (κ2) is 8.73. The Morgan fingerprint density at radius 1 is 0.966 bits per heavy atom. The standard InChI is InChI=1S/C19H13Cl3N2O5/c1-28-15-6-9(4-12-17(25)23-19(27)24-18(12)26)5-14(22)16(15)29-8-10-2-3-11(20)7-13(10)21/h2-7H,8H2,1H3,(H2,23,24,25,26,27). The van der Waals surface area contributed by atoms with Gasteiger partial charge in [0.05, 0.1) is 12.1 Å². The van der Waals surface area contributed by atoms with E-state index in [1.165, 1.54) is 25.3 Å². The number of carbonyl (C=O) groups excluding carboxylic acids is 3. The SMILES string of the molecule is COc1cc(C=C2C(=O)NC(=O)NC2=O)cc(Cl)c1OCc1ccc(Cl)cc1Cl. The summed E-state index contributed by atoms with van der Waals surface area (Å²) in [6.45, 7) is 0.111. The Balaban J connectivity index is 1.87. The van der Waals surface area contributed by atoms with Crippen molar-refractivity contribution in [2.75, 3.05) is 7.11 Å². The number of methoxy groups -OCH3 is 1. The molecule has 4 amide bonds. The number of halogens is 3. The number of carbonyl (C=O) groups is 3. The molecule has 29 heavy (non-hydrogen) atoms. The lowest BCUT2D eigenvalue weighted by Gasteiger charge is -2.16. The van der Waals surface area contributed by atoms with E-state index in [2.05, 4.69) is 0 Å². The minimum atomic E-state index is -0.877. The smallest absolute Gasteiger partial charge is 0.328 e. The van der Waals surface area contributed by atoms with Crippen LogP contribution in [0, 0.1) is 0 Å². The molecule has 2 aromatic rings. The molecular formula is C19H13Cl3N2O5. The van der Waals surface area contributed by atoms with Crippen molar-refractivity contribution in [2.24, 2.45) is 0 Å². The number of hydrogen-bond donors (Lipinski definition) is 2. The average molecular weight is 456 g/mol. The molecule has 1 heterocycles. The third-order valence-corrected chi connectivity index (χ3v) is 4.76. The summed E-state index contributed by atoms with van der Waals surface area (Å²) >= 11 is 18.3. The maximum absolute atomic E-state index is 11.9. The van der Waals surface area contributed by atoms with Gasteiger partial charge in [0, 0.05) is 15.6 Å². The van der Waals surface area contributed by atoms with Gasteiger partial charge in [0.1, 0.15) is 12.2 Å². The van der Waals surface area contributed by atoms with Crippen LogP contribution in [0.3, 0.4) is 0 Å². The summed E-state index contributed by atoms with van der Waals surface area (Å²) in [6, 6.07) is 7.16. The zero-order chi connectivity index (χ0) is 21.1. The summed E-state index contributed by atoms with van der Waals surface area (Å²) in [5.41, 5.74) is 0.850. The Kier molecular flexibility index (Phi) is 6.32. The van der Waals surface area contributed by atoms with Crippen molar-refractivity contribution in [2.45, 2.75) is 6.61 Å². The minimum absolute atomic E-state index is 0.111. The first-order valence-corrected chi connectivity index (χ1v) is 9.24. The lowest BCUT2D eigenvalue weighted by Crippen LogP contribution is -2.51. The van der Waals surface area contributed by atoms with Gasteiger partial charge in [-0.3, -0.25) is 20.2 Å². The zero-order valence-corrected chi connectivity index (χ0v) is 17.1. The molecule has 0 radical (unpaired) electrons. The van der Waals surface area contributed by atoms with Crippen molar-refractivity contribution in [3.63, 3.8) is 0 Å². The summed E-state index contributed by atoms with van der Waals surface area (Å²) in [5, 5.41) is 5.12. The summed E-state index contributed by atoms with van der Waals surface area (Å²) in [7, 11) is 1.42. The van der Waals surface area contributed by atoms with Crippen molar-refractivity contribution in [3.05, 3.63) is 62.1 Å². The Bertz CT molecular complexity index is 1030. The molecule has 0 unspecified atom stereocenters. The lowest BCUT2D eigenvalue weighted by atomic mass is 10.1. The summed E-state index contributed by atoms with van der Waals surface area (Å²) < 4.78 is 11.1. The largest absolute Gasteiger partial charge is 0.493 e. The van der Waals surface area contributed by atoms with Crippen molar-refractivity contribution < 1.29 is 23.9 Å². The Morgan fingerprint density at radius 2 is 1.66 bits per heavy atom. The van der Waals surface area contributed by atoms with Crippen LogP contribution >= 0.6 is 34.8 Å². The van der Waals surface area contributed by atoms with Crippen LogP contribution in [0.1, 0.15) is 11.1 Å². The van der Waals surface area contributed by atoms with Gasteiger partial charge in [-0.25, -0.2) is 4.79 Å². The van der Waals surface area contributed by atoms with Gasteiger partial charge in [0.15, 0.2) is 11.5 Å². The van der Waals surface area contributed by atoms with Crippen molar-refractivity contribution in [3.8, 4) is 11.5 Å². The third-order valence-electron chi connectivity index (χ3n) is 3.89. The van der Waals surface area contributed by atoms with Crippen LogP contribution in [0.15, 0.2) is 35.9 Å². The highest BCUT2D eigenvalue weighted by atomic mass is 35.5. The predicted octanol–water partition coefficient (Wildman–Crippen LogP) is 3.98. The fourth-order valence-corrected chi connectivity index (χ4v) is 3.26. The Labute approximate surface area is 180 Å². The molecule has 7 nitrogen and oxygen atoms in total. The van der Waals surface area contributed by atoms with E-state index in [0.717, 1.165) is 0 Å². The van der Waals surface area contributed by atoms with Crippen LogP contribution in [0.2, 0.25) is 15.1 Å². The van der Waals surface area contributed by atoms with Gasteiger partial charge >= 0.3 is 6.03 Å². The highest BCUT2D eigenvalue weighted by Crippen LogP contribution is 2.38. The molecule has 1 fully saturated rings. The molecule has 2 N–H and O–H groups in total. The number of barbiturate groups is 1. The fourth-order valence-electron chi connectivity index (χ4n) is 2.52. The molecule has 3 rings (SSSR count). The molecule has 0 aromatic heterocycles. The number of urea groups is 1. The maximum Gasteiger partial charge on any atom is 0.328 e. The van der Waals surface area contributed by atoms with E-state index in [4.69, 9.17) is 44.3 Å². The normalized spacial score (nSPS) is 13.7. The molecule has 1 aliphatic heterocycles. The van der Waals surface area contributed by atoms with Crippen LogP contribution < -0.4 is 20.1 Å². The van der Waals surface area contributed by atoms with Crippen LogP contribution in [0.5, 0.6) is 11.5 Å². The van der Waals surface area contributed by atoms with E-state index in [1.54, 1.807) is 18.2 Å². The van der Waals surface area contributed by atoms with E-state index in [9.17, 15) is 14.4 Å². The lowest BCUT2D eigenvalue weighted by molar-refractivity contribution is -0.123. The van der Waals surface area contributed by atoms with Gasteiger partial charge in [-0.15, -0.1) is 0 Å². The molecule has 150 valence electrons. The number of rotatable bonds is 5. The predicted molar refractivity (Wildman–Crippen MR) is 108 cm³/mol. The Morgan fingerprint density at radius 3 is 2.28 bits per heavy atom. The molecule has 0 saturated carbocycles. The second-order valence-corrected chi connectivity index (χ2v) is 7.10. The third kappa shape index (κ3) is 4.82. The number of amides is 4. The van der Waals surface area contributed by atoms with Crippen molar-refractivity contribution in [1.29, 1.82) is 0 Å². The first-order chi connectivity index (χ1) is 13.8. The number of imide groups is 2. The molecule has 0 spiro atoms. The second-order valence-electron chi connectivity index (χ2n) is 5.85. The minimum Gasteiger partial charge on any atom is -0.493 e. The van der Waals surface area contributed by atoms with E-state index in [-0.39, 0.29) is 28.7 Å². The summed E-state index contributed by atoms with van der Waals surface area (Å²) in [6.07, 6.45) is 1.28. The van der Waals surface area contributed by atoms with Gasteiger partial charge in [0.2, 0.25) is 0 Å². The maximum atomic E-state index is 11.9. The molecule has 0 aliphatic carbocycles. The zero-order valence-electron chi connectivity index (χ0n) is 14.8. The van der Waals surface area contributed by atoms with Gasteiger partial charge in [-0.1, -0.05) is 40.9 Å². The highest BCUT2D eigenvalue weighted by molar-refractivity contribution is 6.35. The van der Waals surface area contributed by atoms with E-state index in [0.29, 0.717) is 21.2 Å². The van der Waals surface area contributed by atoms with Gasteiger partial charge < -0.3 is 9.47 Å². The molecular weight excluding hydrogens is 443 g/mol. The Hall–Kier alpha value is -2.74. The van der Waals surface area contributed by atoms with Crippen LogP contribution in [-0.2, 0) is 16.2 Å². The molecule has 1 aliphatic rings. The first-order valence-electron chi connectivity index (χ1n) is 8.11. The fraction of sp³-hybridized carbons (Fsp3) is 0.105. The van der Waals surface area contributed by atoms with Gasteiger partial charge in [-0.05, 0) is 35.9 Å². The molecule has 0 bridgehead atoms. The molecule has 1 saturated heterocycles. The number of benzene rings is 2. The van der Waals surface area contributed by atoms with E-state index < -0.39 is 17.8 Å². The van der Waals surface area contributed by atoms with Crippen molar-refractivity contribution in [1.82, 2.24) is 10.6 Å². The summed E-state index contributed by atoms with van der Waals surface area (Å²) in [4.78, 5) is 34.9. The average Bonchev–Trinajstić information content (AvgIpc) is 2.64. The first kappa shape index (κ1) is 21.0. The van der Waals surface area contributed by atoms with E-state index in [1.807, 2.05) is 10.6 Å². The number of ether oxygens (including phenoxy) is 2.